The van der Waals surface area contributed by atoms with Gasteiger partial charge in [-0.15, -0.1) is 0 Å². The van der Waals surface area contributed by atoms with Crippen molar-refractivity contribution in [2.45, 2.75) is 25.9 Å². The number of nitrogens with one attached hydrogen (secondary N) is 1. The monoisotopic (exact) mass is 540 g/mol. The van der Waals surface area contributed by atoms with Crippen LogP contribution in [-0.4, -0.2) is 59.3 Å². The summed E-state index contributed by atoms with van der Waals surface area (Å²) in [5.41, 5.74) is 0.504. The topological polar surface area (TPSA) is 96.6 Å². The van der Waals surface area contributed by atoms with Crippen LogP contribution in [0.5, 0.6) is 5.75 Å². The lowest BCUT2D eigenvalue weighted by atomic mass is 10.1. The van der Waals surface area contributed by atoms with E-state index in [1.165, 1.54) is 13.2 Å². The van der Waals surface area contributed by atoms with E-state index in [1.54, 1.807) is 23.1 Å². The number of fused-ring (bicyclic) bond motifs is 1. The number of aromatic nitrogens is 3. The van der Waals surface area contributed by atoms with Crippen molar-refractivity contribution in [3.63, 3.8) is 0 Å². The molecule has 1 N–H and O–H groups in total. The zero-order valence-electron chi connectivity index (χ0n) is 21.5. The molecule has 3 heterocycles. The molecule has 1 aliphatic rings. The summed E-state index contributed by atoms with van der Waals surface area (Å²) in [6, 6.07) is 11.9. The average Bonchev–Trinajstić information content (AvgIpc) is 3.37. The highest BCUT2D eigenvalue weighted by molar-refractivity contribution is 5.98. The van der Waals surface area contributed by atoms with E-state index in [0.717, 1.165) is 18.6 Å². The number of carbonyl (C=O) groups is 1. The van der Waals surface area contributed by atoms with Gasteiger partial charge in [-0.25, -0.2) is 9.78 Å². The molecule has 4 aromatic rings. The Kier molecular flexibility index (Phi) is 7.27. The molecule has 204 valence electrons. The summed E-state index contributed by atoms with van der Waals surface area (Å²) in [6.45, 7) is 3.70. The molecule has 5 rings (SSSR count). The number of carbonyl (C=O) groups excluding carboxylic acids is 1. The van der Waals surface area contributed by atoms with Crippen LogP contribution >= 0.6 is 0 Å². The third-order valence-corrected chi connectivity index (χ3v) is 6.52. The number of urea groups is 1. The summed E-state index contributed by atoms with van der Waals surface area (Å²) in [5, 5.41) is 7.43. The molecule has 0 aliphatic carbocycles. The summed E-state index contributed by atoms with van der Waals surface area (Å²) in [7, 11) is 1.54. The molecule has 2 aromatic heterocycles. The maximum absolute atomic E-state index is 13.4. The number of nitrogens with zero attached hydrogens (tertiary/aromatic N) is 5. The summed E-state index contributed by atoms with van der Waals surface area (Å²) in [6.07, 6.45) is -3.09. The standard InChI is InChI=1S/C27H27F3N6O3/c1-3-7-21-32-24(22-23(34-39-25(22)33-21)17-8-6-9-18(16-17)27(28,29)30)35-12-14-36(15-13-35)26(37)31-19-10-4-5-11-20(19)38-2/h4-6,8-11,16H,3,7,12-15H2,1-2H3,(H,31,37). The smallest absolute Gasteiger partial charge is 0.416 e. The van der Waals surface area contributed by atoms with Gasteiger partial charge in [-0.1, -0.05) is 36.3 Å². The summed E-state index contributed by atoms with van der Waals surface area (Å²) >= 11 is 0. The minimum Gasteiger partial charge on any atom is -0.495 e. The summed E-state index contributed by atoms with van der Waals surface area (Å²) < 4.78 is 51.0. The number of methoxy groups -OCH3 is 1. The van der Waals surface area contributed by atoms with Crippen LogP contribution in [0.4, 0.5) is 29.5 Å². The maximum Gasteiger partial charge on any atom is 0.416 e. The number of aryl methyl sites for hydroxylation is 1. The van der Waals surface area contributed by atoms with Gasteiger partial charge in [0, 0.05) is 38.2 Å². The van der Waals surface area contributed by atoms with E-state index in [0.29, 0.717) is 61.1 Å². The van der Waals surface area contributed by atoms with E-state index in [2.05, 4.69) is 15.5 Å². The number of hydrogen-bond acceptors (Lipinski definition) is 7. The van der Waals surface area contributed by atoms with Crippen LogP contribution < -0.4 is 15.0 Å². The molecule has 1 saturated heterocycles. The Balaban J connectivity index is 1.43. The van der Waals surface area contributed by atoms with Crippen LogP contribution in [0.1, 0.15) is 24.7 Å². The molecule has 0 spiro atoms. The molecule has 0 saturated carbocycles. The third-order valence-electron chi connectivity index (χ3n) is 6.52. The minimum atomic E-state index is -4.50. The highest BCUT2D eigenvalue weighted by atomic mass is 19.4. The highest BCUT2D eigenvalue weighted by Gasteiger charge is 2.32. The lowest BCUT2D eigenvalue weighted by Crippen LogP contribution is -2.50. The highest BCUT2D eigenvalue weighted by Crippen LogP contribution is 2.37. The van der Waals surface area contributed by atoms with E-state index in [1.807, 2.05) is 24.0 Å². The number of rotatable bonds is 6. The predicted octanol–water partition coefficient (Wildman–Crippen LogP) is 5.62. The van der Waals surface area contributed by atoms with E-state index in [-0.39, 0.29) is 23.0 Å². The number of hydrogen-bond donors (Lipinski definition) is 1. The number of ether oxygens (including phenoxy) is 1. The second-order valence-electron chi connectivity index (χ2n) is 9.11. The molecular formula is C27H27F3N6O3. The van der Waals surface area contributed by atoms with Gasteiger partial charge >= 0.3 is 12.2 Å². The fourth-order valence-corrected chi connectivity index (χ4v) is 4.55. The molecule has 1 fully saturated rings. The molecular weight excluding hydrogens is 513 g/mol. The second-order valence-corrected chi connectivity index (χ2v) is 9.11. The first-order valence-corrected chi connectivity index (χ1v) is 12.6. The van der Waals surface area contributed by atoms with Gasteiger partial charge in [0.25, 0.3) is 5.71 Å². The molecule has 2 amide bonds. The Morgan fingerprint density at radius 3 is 2.56 bits per heavy atom. The maximum atomic E-state index is 13.4. The first kappa shape index (κ1) is 26.3. The van der Waals surface area contributed by atoms with Crippen molar-refractivity contribution in [1.82, 2.24) is 20.0 Å². The van der Waals surface area contributed by atoms with E-state index in [4.69, 9.17) is 14.2 Å². The van der Waals surface area contributed by atoms with Crippen molar-refractivity contribution >= 4 is 28.6 Å². The molecule has 9 nitrogen and oxygen atoms in total. The Labute approximate surface area is 222 Å². The molecule has 0 bridgehead atoms. The van der Waals surface area contributed by atoms with Gasteiger partial charge in [0.2, 0.25) is 0 Å². The van der Waals surface area contributed by atoms with Gasteiger partial charge in [-0.05, 0) is 30.7 Å². The summed E-state index contributed by atoms with van der Waals surface area (Å²) in [4.78, 5) is 25.8. The first-order valence-electron chi connectivity index (χ1n) is 12.6. The van der Waals surface area contributed by atoms with Crippen molar-refractivity contribution in [3.8, 4) is 17.0 Å². The molecule has 0 unspecified atom stereocenters. The van der Waals surface area contributed by atoms with E-state index in [9.17, 15) is 18.0 Å². The fourth-order valence-electron chi connectivity index (χ4n) is 4.55. The molecule has 0 radical (unpaired) electrons. The third kappa shape index (κ3) is 5.45. The average molecular weight is 541 g/mol. The molecule has 39 heavy (non-hydrogen) atoms. The van der Waals surface area contributed by atoms with Gasteiger partial charge in [0.05, 0.1) is 18.4 Å². The van der Waals surface area contributed by atoms with Crippen LogP contribution in [0, 0.1) is 0 Å². The molecule has 12 heteroatoms. The number of para-hydroxylation sites is 2. The molecule has 1 aliphatic heterocycles. The van der Waals surface area contributed by atoms with Crippen molar-refractivity contribution < 1.29 is 27.2 Å². The minimum absolute atomic E-state index is 0.215. The number of amides is 2. The van der Waals surface area contributed by atoms with Gasteiger partial charge in [0.1, 0.15) is 28.5 Å². The zero-order valence-corrected chi connectivity index (χ0v) is 21.5. The number of benzene rings is 2. The number of alkyl halides is 3. The van der Waals surface area contributed by atoms with Crippen LogP contribution in [0.3, 0.4) is 0 Å². The van der Waals surface area contributed by atoms with Crippen molar-refractivity contribution in [2.24, 2.45) is 0 Å². The number of piperazine rings is 1. The Morgan fingerprint density at radius 1 is 1.08 bits per heavy atom. The predicted molar refractivity (Wildman–Crippen MR) is 140 cm³/mol. The van der Waals surface area contributed by atoms with E-state index >= 15 is 0 Å². The zero-order chi connectivity index (χ0) is 27.6. The van der Waals surface area contributed by atoms with Crippen molar-refractivity contribution in [2.75, 3.05) is 43.5 Å². The molecule has 2 aromatic carbocycles. The Hall–Kier alpha value is -4.35. The fraction of sp³-hybridized carbons (Fsp3) is 0.333. The SMILES string of the molecule is CCCc1nc(N2CCN(C(=O)Nc3ccccc3OC)CC2)c2c(-c3cccc(C(F)(F)F)c3)noc2n1. The van der Waals surface area contributed by atoms with Gasteiger partial charge < -0.3 is 24.4 Å². The largest absolute Gasteiger partial charge is 0.495 e. The summed E-state index contributed by atoms with van der Waals surface area (Å²) in [5.74, 6) is 1.65. The number of anilines is 2. The van der Waals surface area contributed by atoms with Gasteiger partial charge in [0.15, 0.2) is 0 Å². The van der Waals surface area contributed by atoms with Crippen LogP contribution in [0.2, 0.25) is 0 Å². The van der Waals surface area contributed by atoms with E-state index < -0.39 is 11.7 Å². The number of halogens is 3. The lowest BCUT2D eigenvalue weighted by molar-refractivity contribution is -0.137. The quantitative estimate of drug-likeness (QED) is 0.339. The van der Waals surface area contributed by atoms with Crippen LogP contribution in [0.15, 0.2) is 53.1 Å². The van der Waals surface area contributed by atoms with Crippen LogP contribution in [-0.2, 0) is 12.6 Å². The Bertz CT molecular complexity index is 1480. The van der Waals surface area contributed by atoms with Gasteiger partial charge in [-0.3, -0.25) is 0 Å². The van der Waals surface area contributed by atoms with Crippen molar-refractivity contribution in [1.29, 1.82) is 0 Å². The van der Waals surface area contributed by atoms with Crippen molar-refractivity contribution in [3.05, 3.63) is 59.9 Å². The molecule has 0 atom stereocenters. The van der Waals surface area contributed by atoms with Crippen LogP contribution in [0.25, 0.3) is 22.4 Å². The Morgan fingerprint density at radius 2 is 1.85 bits per heavy atom. The normalized spacial score (nSPS) is 14.1. The second kappa shape index (κ2) is 10.8. The first-order chi connectivity index (χ1) is 18.8. The van der Waals surface area contributed by atoms with Gasteiger partial charge in [-0.2, -0.15) is 18.2 Å². The lowest BCUT2D eigenvalue weighted by Gasteiger charge is -2.35.